The van der Waals surface area contributed by atoms with E-state index in [0.717, 1.165) is 49.7 Å². The number of hydrogen-bond donors (Lipinski definition) is 2. The number of carbonyl (C=O) groups is 1. The molecule has 1 aliphatic heterocycles. The Balaban J connectivity index is 1.45. The summed E-state index contributed by atoms with van der Waals surface area (Å²) in [4.78, 5) is 15.5. The molecular weight excluding hydrogens is 400 g/mol. The number of ether oxygens (including phenoxy) is 1. The van der Waals surface area contributed by atoms with E-state index >= 15 is 0 Å². The molecule has 0 aromatic heterocycles. The summed E-state index contributed by atoms with van der Waals surface area (Å²) >= 11 is 0. The summed E-state index contributed by atoms with van der Waals surface area (Å²) in [5.41, 5.74) is 1.71. The highest BCUT2D eigenvalue weighted by atomic mass is 16.5. The van der Waals surface area contributed by atoms with Gasteiger partial charge in [-0.2, -0.15) is 5.26 Å². The molecule has 1 heterocycles. The average molecular weight is 429 g/mol. The highest BCUT2D eigenvalue weighted by Gasteiger charge is 2.62. The highest BCUT2D eigenvalue weighted by Crippen LogP contribution is 2.53. The molecule has 2 saturated carbocycles. The van der Waals surface area contributed by atoms with E-state index in [2.05, 4.69) is 16.3 Å². The predicted molar refractivity (Wildman–Crippen MR) is 121 cm³/mol. The summed E-state index contributed by atoms with van der Waals surface area (Å²) in [5.74, 6) is 1.11. The fourth-order valence-electron chi connectivity index (χ4n) is 5.41. The minimum Gasteiger partial charge on any atom is -0.489 e. The quantitative estimate of drug-likeness (QED) is 0.712. The minimum atomic E-state index is -0.813. The summed E-state index contributed by atoms with van der Waals surface area (Å²) in [7, 11) is 0. The molecule has 6 nitrogen and oxygen atoms in total. The zero-order valence-corrected chi connectivity index (χ0v) is 18.1. The number of nitrogens with one attached hydrogen (secondary N) is 2. The molecule has 2 N–H and O–H groups in total. The first-order chi connectivity index (χ1) is 15.6. The van der Waals surface area contributed by atoms with Gasteiger partial charge in [0.05, 0.1) is 11.6 Å². The number of nitriles is 1. The van der Waals surface area contributed by atoms with Gasteiger partial charge in [0.1, 0.15) is 12.4 Å². The first kappa shape index (κ1) is 20.6. The molecule has 1 saturated heterocycles. The maximum absolute atomic E-state index is 13.4. The predicted octanol–water partition coefficient (Wildman–Crippen LogP) is 4.44. The number of amides is 1. The monoisotopic (exact) mass is 428 g/mol. The van der Waals surface area contributed by atoms with Crippen LogP contribution in [0.15, 0.2) is 48.5 Å². The van der Waals surface area contributed by atoms with Gasteiger partial charge in [-0.1, -0.05) is 43.5 Å². The molecule has 0 bridgehead atoms. The Morgan fingerprint density at radius 3 is 2.53 bits per heavy atom. The van der Waals surface area contributed by atoms with Crippen molar-refractivity contribution < 1.29 is 9.53 Å². The number of hydrogen-bond acceptors (Lipinski definition) is 4. The van der Waals surface area contributed by atoms with E-state index < -0.39 is 5.54 Å². The fourth-order valence-corrected chi connectivity index (χ4v) is 5.41. The summed E-state index contributed by atoms with van der Waals surface area (Å²) < 4.78 is 6.07. The van der Waals surface area contributed by atoms with Crippen molar-refractivity contribution in [1.82, 2.24) is 10.2 Å². The maximum Gasteiger partial charge on any atom is 0.257 e. The third-order valence-corrected chi connectivity index (χ3v) is 7.07. The van der Waals surface area contributed by atoms with Crippen molar-refractivity contribution in [3.05, 3.63) is 65.2 Å². The molecule has 6 heteroatoms. The van der Waals surface area contributed by atoms with Crippen molar-refractivity contribution in [2.75, 3.05) is 0 Å². The van der Waals surface area contributed by atoms with Gasteiger partial charge < -0.3 is 9.64 Å². The standard InChI is InChI=1S/C26H28N4O2/c27-16-18-9-11-19(12-10-18)17-32-23-8-4-5-21(15-23)26(20-13-14-20)24(31)29-25(28)30(26)22-6-2-1-3-7-22/h4-5,8-12,15,20,22H,1-3,6-7,13-14,17H2,(H2,28,29,31). The topological polar surface area (TPSA) is 89.2 Å². The number of guanidine groups is 1. The van der Waals surface area contributed by atoms with Crippen LogP contribution in [0.2, 0.25) is 0 Å². The normalized spacial score (nSPS) is 23.7. The molecule has 32 heavy (non-hydrogen) atoms. The van der Waals surface area contributed by atoms with E-state index in [1.165, 1.54) is 6.42 Å². The van der Waals surface area contributed by atoms with Crippen molar-refractivity contribution in [2.24, 2.45) is 5.92 Å². The van der Waals surface area contributed by atoms with Crippen molar-refractivity contribution in [1.29, 1.82) is 10.7 Å². The molecule has 0 spiro atoms. The van der Waals surface area contributed by atoms with Gasteiger partial charge in [0.2, 0.25) is 0 Å². The zero-order valence-electron chi connectivity index (χ0n) is 18.1. The van der Waals surface area contributed by atoms with Crippen LogP contribution in [0, 0.1) is 22.7 Å². The van der Waals surface area contributed by atoms with Crippen molar-refractivity contribution in [3.8, 4) is 11.8 Å². The van der Waals surface area contributed by atoms with Gasteiger partial charge >= 0.3 is 0 Å². The van der Waals surface area contributed by atoms with Crippen molar-refractivity contribution in [2.45, 2.75) is 63.1 Å². The van der Waals surface area contributed by atoms with Crippen LogP contribution < -0.4 is 10.1 Å². The van der Waals surface area contributed by atoms with Crippen LogP contribution in [-0.4, -0.2) is 22.8 Å². The van der Waals surface area contributed by atoms with Gasteiger partial charge in [-0.25, -0.2) is 0 Å². The molecule has 164 valence electrons. The lowest BCUT2D eigenvalue weighted by Gasteiger charge is -2.43. The fraction of sp³-hybridized carbons (Fsp3) is 0.423. The molecule has 1 atom stereocenters. The average Bonchev–Trinajstić information content (AvgIpc) is 3.64. The van der Waals surface area contributed by atoms with E-state index in [-0.39, 0.29) is 23.8 Å². The first-order valence-electron chi connectivity index (χ1n) is 11.5. The first-order valence-corrected chi connectivity index (χ1v) is 11.5. The van der Waals surface area contributed by atoms with E-state index in [0.29, 0.717) is 17.9 Å². The lowest BCUT2D eigenvalue weighted by molar-refractivity contribution is -0.129. The summed E-state index contributed by atoms with van der Waals surface area (Å²) in [5, 5.41) is 20.5. The van der Waals surface area contributed by atoms with Crippen LogP contribution in [-0.2, 0) is 16.9 Å². The molecule has 2 aromatic rings. The number of benzene rings is 2. The largest absolute Gasteiger partial charge is 0.489 e. The van der Waals surface area contributed by atoms with Gasteiger partial charge in [-0.3, -0.25) is 15.5 Å². The molecular formula is C26H28N4O2. The van der Waals surface area contributed by atoms with E-state index in [1.807, 2.05) is 36.4 Å². The number of rotatable bonds is 6. The van der Waals surface area contributed by atoms with E-state index in [9.17, 15) is 4.79 Å². The van der Waals surface area contributed by atoms with Gasteiger partial charge in [-0.05, 0) is 67.0 Å². The van der Waals surface area contributed by atoms with Gasteiger partial charge in [-0.15, -0.1) is 0 Å². The van der Waals surface area contributed by atoms with Gasteiger partial charge in [0.25, 0.3) is 5.91 Å². The zero-order chi connectivity index (χ0) is 22.1. The minimum absolute atomic E-state index is 0.0696. The molecule has 3 aliphatic rings. The highest BCUT2D eigenvalue weighted by molar-refractivity contribution is 6.09. The molecule has 5 rings (SSSR count). The van der Waals surface area contributed by atoms with Crippen LogP contribution in [0.25, 0.3) is 0 Å². The van der Waals surface area contributed by atoms with Crippen LogP contribution in [0.4, 0.5) is 0 Å². The van der Waals surface area contributed by atoms with Crippen molar-refractivity contribution >= 4 is 11.9 Å². The third kappa shape index (κ3) is 3.52. The second kappa shape index (κ2) is 8.31. The molecule has 1 amide bonds. The van der Waals surface area contributed by atoms with Crippen LogP contribution in [0.1, 0.15) is 61.6 Å². The Morgan fingerprint density at radius 1 is 1.09 bits per heavy atom. The van der Waals surface area contributed by atoms with Crippen LogP contribution in [0.5, 0.6) is 5.75 Å². The number of carbonyl (C=O) groups excluding carboxylic acids is 1. The second-order valence-electron chi connectivity index (χ2n) is 9.13. The third-order valence-electron chi connectivity index (χ3n) is 7.07. The lowest BCUT2D eigenvalue weighted by Crippen LogP contribution is -2.54. The number of nitrogens with zero attached hydrogens (tertiary/aromatic N) is 2. The molecule has 2 aliphatic carbocycles. The van der Waals surface area contributed by atoms with E-state index in [4.69, 9.17) is 15.4 Å². The van der Waals surface area contributed by atoms with Crippen LogP contribution >= 0.6 is 0 Å². The molecule has 2 aromatic carbocycles. The van der Waals surface area contributed by atoms with Crippen LogP contribution in [0.3, 0.4) is 0 Å². The maximum atomic E-state index is 13.4. The summed E-state index contributed by atoms with van der Waals surface area (Å²) in [6, 6.07) is 17.6. The van der Waals surface area contributed by atoms with Gasteiger partial charge in [0.15, 0.2) is 11.5 Å². The lowest BCUT2D eigenvalue weighted by atomic mass is 9.80. The smallest absolute Gasteiger partial charge is 0.257 e. The Morgan fingerprint density at radius 2 is 1.84 bits per heavy atom. The second-order valence-corrected chi connectivity index (χ2v) is 9.13. The van der Waals surface area contributed by atoms with E-state index in [1.54, 1.807) is 12.1 Å². The van der Waals surface area contributed by atoms with Gasteiger partial charge in [0, 0.05) is 6.04 Å². The molecule has 1 unspecified atom stereocenters. The Hall–Kier alpha value is -3.33. The molecule has 3 fully saturated rings. The van der Waals surface area contributed by atoms with Crippen molar-refractivity contribution in [3.63, 3.8) is 0 Å². The summed E-state index contributed by atoms with van der Waals surface area (Å²) in [6.45, 7) is 0.389. The summed E-state index contributed by atoms with van der Waals surface area (Å²) in [6.07, 6.45) is 7.59. The molecule has 0 radical (unpaired) electrons. The Kier molecular flexibility index (Phi) is 5.34. The SMILES string of the molecule is N#Cc1ccc(COc2cccc(C3(C4CC4)C(=O)NC(=N)N3C3CCCCC3)c2)cc1. The Labute approximate surface area is 188 Å². The Bertz CT molecular complexity index is 1060.